The van der Waals surface area contributed by atoms with Gasteiger partial charge in [0, 0.05) is 0 Å². The fraction of sp³-hybridized carbons (Fsp3) is 0.312. The van der Waals surface area contributed by atoms with E-state index in [1.165, 1.54) is 11.0 Å². The van der Waals surface area contributed by atoms with Crippen molar-refractivity contribution in [1.82, 2.24) is 30.9 Å². The summed E-state index contributed by atoms with van der Waals surface area (Å²) < 4.78 is 0. The van der Waals surface area contributed by atoms with Gasteiger partial charge in [0.1, 0.15) is 5.54 Å². The fourth-order valence-corrected chi connectivity index (χ4v) is 2.72. The van der Waals surface area contributed by atoms with E-state index in [2.05, 4.69) is 26.1 Å². The Bertz CT molecular complexity index is 803. The van der Waals surface area contributed by atoms with E-state index >= 15 is 0 Å². The molecule has 4 amide bonds. The first-order valence-corrected chi connectivity index (χ1v) is 7.93. The van der Waals surface area contributed by atoms with E-state index in [-0.39, 0.29) is 12.2 Å². The zero-order valence-electron chi connectivity index (χ0n) is 13.7. The molecule has 3 N–H and O–H groups in total. The number of carbonyl (C=O) groups is 3. The molecular weight excluding hydrogens is 324 g/mol. The van der Waals surface area contributed by atoms with Crippen LogP contribution in [0.3, 0.4) is 0 Å². The maximum Gasteiger partial charge on any atom is 0.322 e. The van der Waals surface area contributed by atoms with Crippen molar-refractivity contribution >= 4 is 17.8 Å². The fourth-order valence-electron chi connectivity index (χ4n) is 2.72. The number of hydrogen-bond acceptors (Lipinski definition) is 5. The molecule has 1 aromatic carbocycles. The van der Waals surface area contributed by atoms with Gasteiger partial charge in [-0.1, -0.05) is 31.5 Å². The summed E-state index contributed by atoms with van der Waals surface area (Å²) in [5.74, 6) is -0.904. The molecule has 1 saturated heterocycles. The molecule has 2 heterocycles. The van der Waals surface area contributed by atoms with Gasteiger partial charge in [-0.15, -0.1) is 5.10 Å². The number of nitrogens with zero attached hydrogens (tertiary/aromatic N) is 3. The number of para-hydroxylation sites is 1. The monoisotopic (exact) mass is 342 g/mol. The summed E-state index contributed by atoms with van der Waals surface area (Å²) in [6.07, 6.45) is 2.44. The zero-order chi connectivity index (χ0) is 17.9. The largest absolute Gasteiger partial charge is 0.348 e. The number of hydrogen-bond donors (Lipinski definition) is 3. The van der Waals surface area contributed by atoms with Crippen molar-refractivity contribution in [1.29, 1.82) is 0 Å². The van der Waals surface area contributed by atoms with Gasteiger partial charge >= 0.3 is 6.03 Å². The molecule has 1 unspecified atom stereocenters. The number of imide groups is 1. The molecule has 1 atom stereocenters. The van der Waals surface area contributed by atoms with Crippen molar-refractivity contribution in [2.75, 3.05) is 6.54 Å². The third-order valence-electron chi connectivity index (χ3n) is 3.95. The summed E-state index contributed by atoms with van der Waals surface area (Å²) >= 11 is 0. The molecule has 0 radical (unpaired) electrons. The molecule has 25 heavy (non-hydrogen) atoms. The highest BCUT2D eigenvalue weighted by Gasteiger charge is 2.45. The quantitative estimate of drug-likeness (QED) is 0.656. The molecule has 0 bridgehead atoms. The van der Waals surface area contributed by atoms with Crippen LogP contribution in [0.15, 0.2) is 36.5 Å². The SMILES string of the molecule is CCCC1(CNC(=O)c2cnn(-c3ccccc3)n2)NC(=O)NC1=O. The molecule has 130 valence electrons. The summed E-state index contributed by atoms with van der Waals surface area (Å²) in [4.78, 5) is 37.2. The maximum absolute atomic E-state index is 12.3. The highest BCUT2D eigenvalue weighted by Crippen LogP contribution is 2.17. The number of nitrogens with one attached hydrogen (secondary N) is 3. The van der Waals surface area contributed by atoms with Crippen molar-refractivity contribution in [3.05, 3.63) is 42.2 Å². The minimum absolute atomic E-state index is 0.0184. The number of amides is 4. The lowest BCUT2D eigenvalue weighted by Crippen LogP contribution is -2.55. The van der Waals surface area contributed by atoms with Crippen LogP contribution in [0.5, 0.6) is 0 Å². The summed E-state index contributed by atoms with van der Waals surface area (Å²) in [5, 5.41) is 15.7. The Morgan fingerprint density at radius 1 is 1.28 bits per heavy atom. The van der Waals surface area contributed by atoms with Crippen LogP contribution in [0.2, 0.25) is 0 Å². The highest BCUT2D eigenvalue weighted by atomic mass is 16.2. The van der Waals surface area contributed by atoms with E-state index in [1.807, 2.05) is 37.3 Å². The highest BCUT2D eigenvalue weighted by molar-refractivity contribution is 6.07. The second-order valence-electron chi connectivity index (χ2n) is 5.78. The standard InChI is InChI=1S/C16H18N6O3/c1-2-8-16(14(24)19-15(25)20-16)10-17-13(23)12-9-18-22(21-12)11-6-4-3-5-7-11/h3-7,9H,2,8,10H2,1H3,(H,17,23)(H2,19,20,24,25). The van der Waals surface area contributed by atoms with Crippen LogP contribution in [0.1, 0.15) is 30.3 Å². The summed E-state index contributed by atoms with van der Waals surface area (Å²) in [6, 6.07) is 8.63. The van der Waals surface area contributed by atoms with Crippen molar-refractivity contribution in [2.24, 2.45) is 0 Å². The molecule has 1 aromatic heterocycles. The topological polar surface area (TPSA) is 118 Å². The summed E-state index contributed by atoms with van der Waals surface area (Å²) in [6.45, 7) is 1.88. The molecular formula is C16H18N6O3. The van der Waals surface area contributed by atoms with Crippen LogP contribution in [0.25, 0.3) is 5.69 Å². The molecule has 0 spiro atoms. The van der Waals surface area contributed by atoms with Gasteiger partial charge in [-0.3, -0.25) is 14.9 Å². The van der Waals surface area contributed by atoms with E-state index in [9.17, 15) is 14.4 Å². The Hall–Kier alpha value is -3.23. The van der Waals surface area contributed by atoms with Gasteiger partial charge in [-0.25, -0.2) is 4.79 Å². The first-order valence-electron chi connectivity index (χ1n) is 7.93. The van der Waals surface area contributed by atoms with Gasteiger partial charge in [-0.2, -0.15) is 9.90 Å². The van der Waals surface area contributed by atoms with Gasteiger partial charge in [0.05, 0.1) is 18.4 Å². The third kappa shape index (κ3) is 3.35. The van der Waals surface area contributed by atoms with Crippen molar-refractivity contribution in [3.8, 4) is 5.69 Å². The molecule has 0 saturated carbocycles. The Labute approximate surface area is 143 Å². The summed E-state index contributed by atoms with van der Waals surface area (Å²) in [7, 11) is 0. The van der Waals surface area contributed by atoms with Crippen LogP contribution in [-0.4, -0.2) is 44.9 Å². The minimum Gasteiger partial charge on any atom is -0.348 e. The van der Waals surface area contributed by atoms with Gasteiger partial charge in [0.15, 0.2) is 5.69 Å². The second-order valence-corrected chi connectivity index (χ2v) is 5.78. The van der Waals surface area contributed by atoms with Gasteiger partial charge < -0.3 is 10.6 Å². The lowest BCUT2D eigenvalue weighted by Gasteiger charge is -2.25. The van der Waals surface area contributed by atoms with Crippen molar-refractivity contribution in [3.63, 3.8) is 0 Å². The lowest BCUT2D eigenvalue weighted by molar-refractivity contribution is -0.124. The number of aromatic nitrogens is 3. The molecule has 1 aliphatic rings. The normalized spacial score (nSPS) is 19.4. The molecule has 1 aliphatic heterocycles. The van der Waals surface area contributed by atoms with Gasteiger partial charge in [0.2, 0.25) is 0 Å². The first-order chi connectivity index (χ1) is 12.0. The van der Waals surface area contributed by atoms with Gasteiger partial charge in [-0.05, 0) is 18.6 Å². The average molecular weight is 342 g/mol. The zero-order valence-corrected chi connectivity index (χ0v) is 13.7. The number of urea groups is 1. The van der Waals surface area contributed by atoms with Gasteiger partial charge in [0.25, 0.3) is 11.8 Å². The average Bonchev–Trinajstić information content (AvgIpc) is 3.20. The van der Waals surface area contributed by atoms with Crippen LogP contribution in [0, 0.1) is 0 Å². The Morgan fingerprint density at radius 3 is 2.68 bits per heavy atom. The Morgan fingerprint density at radius 2 is 2.04 bits per heavy atom. The molecule has 1 fully saturated rings. The predicted octanol–water partition coefficient (Wildman–Crippen LogP) is 0.375. The van der Waals surface area contributed by atoms with E-state index in [0.717, 1.165) is 5.69 Å². The number of rotatable bonds is 6. The Balaban J connectivity index is 1.69. The first kappa shape index (κ1) is 16.6. The third-order valence-corrected chi connectivity index (χ3v) is 3.95. The van der Waals surface area contributed by atoms with E-state index in [1.54, 1.807) is 0 Å². The predicted molar refractivity (Wildman–Crippen MR) is 88.0 cm³/mol. The van der Waals surface area contributed by atoms with Crippen LogP contribution < -0.4 is 16.0 Å². The van der Waals surface area contributed by atoms with Crippen molar-refractivity contribution < 1.29 is 14.4 Å². The molecule has 3 rings (SSSR count). The van der Waals surface area contributed by atoms with E-state index < -0.39 is 23.4 Å². The van der Waals surface area contributed by atoms with Crippen LogP contribution in [0.4, 0.5) is 4.79 Å². The Kier molecular flexibility index (Phi) is 4.46. The number of carbonyl (C=O) groups excluding carboxylic acids is 3. The smallest absolute Gasteiger partial charge is 0.322 e. The second kappa shape index (κ2) is 6.71. The van der Waals surface area contributed by atoms with Crippen molar-refractivity contribution in [2.45, 2.75) is 25.3 Å². The maximum atomic E-state index is 12.3. The van der Waals surface area contributed by atoms with Crippen LogP contribution >= 0.6 is 0 Å². The van der Waals surface area contributed by atoms with E-state index in [4.69, 9.17) is 0 Å². The molecule has 2 aromatic rings. The van der Waals surface area contributed by atoms with Crippen LogP contribution in [-0.2, 0) is 4.79 Å². The molecule has 0 aliphatic carbocycles. The number of benzene rings is 1. The minimum atomic E-state index is -1.13. The summed E-state index contributed by atoms with van der Waals surface area (Å²) in [5.41, 5.74) is -0.275. The van der Waals surface area contributed by atoms with E-state index in [0.29, 0.717) is 12.8 Å². The lowest BCUT2D eigenvalue weighted by atomic mass is 9.94. The molecule has 9 heteroatoms. The molecule has 9 nitrogen and oxygen atoms in total.